The van der Waals surface area contributed by atoms with Crippen LogP contribution in [0.3, 0.4) is 0 Å². The van der Waals surface area contributed by atoms with Gasteiger partial charge in [-0.2, -0.15) is 0 Å². The van der Waals surface area contributed by atoms with Crippen molar-refractivity contribution in [3.8, 4) is 17.2 Å². The van der Waals surface area contributed by atoms with Gasteiger partial charge in [-0.25, -0.2) is 4.98 Å². The Labute approximate surface area is 181 Å². The van der Waals surface area contributed by atoms with Crippen molar-refractivity contribution in [2.24, 2.45) is 0 Å². The third-order valence-corrected chi connectivity index (χ3v) is 4.93. The summed E-state index contributed by atoms with van der Waals surface area (Å²) in [5.41, 5.74) is 2.90. The molecule has 1 heterocycles. The number of carbonyl (C=O) groups is 1. The number of hydrogen-bond donors (Lipinski definition) is 1. The van der Waals surface area contributed by atoms with Crippen molar-refractivity contribution in [3.63, 3.8) is 0 Å². The first kappa shape index (κ1) is 19.6. The van der Waals surface area contributed by atoms with E-state index in [9.17, 15) is 4.79 Å². The number of benzene rings is 3. The first-order valence-electron chi connectivity index (χ1n) is 8.45. The molecule has 0 fully saturated rings. The summed E-state index contributed by atoms with van der Waals surface area (Å²) in [5, 5.41) is 3.99. The molecule has 0 spiro atoms. The van der Waals surface area contributed by atoms with Gasteiger partial charge in [-0.15, -0.1) is 0 Å². The van der Waals surface area contributed by atoms with Gasteiger partial charge >= 0.3 is 0 Å². The molecule has 29 heavy (non-hydrogen) atoms. The largest absolute Gasteiger partial charge is 0.494 e. The van der Waals surface area contributed by atoms with E-state index in [4.69, 9.17) is 44.0 Å². The Kier molecular flexibility index (Phi) is 5.37. The molecule has 0 aliphatic rings. The van der Waals surface area contributed by atoms with Gasteiger partial charge in [-0.3, -0.25) is 4.79 Å². The summed E-state index contributed by atoms with van der Waals surface area (Å²) in [7, 11) is 1.44. The van der Waals surface area contributed by atoms with Gasteiger partial charge in [0.15, 0.2) is 5.58 Å². The van der Waals surface area contributed by atoms with Crippen LogP contribution in [0.4, 0.5) is 5.69 Å². The summed E-state index contributed by atoms with van der Waals surface area (Å²) in [6.07, 6.45) is 0. The van der Waals surface area contributed by atoms with Crippen LogP contribution >= 0.6 is 34.8 Å². The van der Waals surface area contributed by atoms with Crippen molar-refractivity contribution in [2.45, 2.75) is 0 Å². The van der Waals surface area contributed by atoms with E-state index in [0.29, 0.717) is 32.7 Å². The molecule has 0 saturated heterocycles. The predicted molar refractivity (Wildman–Crippen MR) is 115 cm³/mol. The Bertz CT molecular complexity index is 1220. The second-order valence-corrected chi connectivity index (χ2v) is 7.41. The maximum absolute atomic E-state index is 12.7. The lowest BCUT2D eigenvalue weighted by Gasteiger charge is -2.11. The Hall–Kier alpha value is -2.73. The van der Waals surface area contributed by atoms with E-state index < -0.39 is 5.91 Å². The molecule has 1 N–H and O–H groups in total. The molecule has 8 heteroatoms. The minimum absolute atomic E-state index is 0.241. The fraction of sp³-hybridized carbons (Fsp3) is 0.0476. The molecule has 0 unspecified atom stereocenters. The van der Waals surface area contributed by atoms with Gasteiger partial charge in [0.25, 0.3) is 5.91 Å². The highest BCUT2D eigenvalue weighted by molar-refractivity contribution is 6.36. The van der Waals surface area contributed by atoms with Gasteiger partial charge in [0.1, 0.15) is 11.3 Å². The zero-order valence-electron chi connectivity index (χ0n) is 15.0. The third-order valence-electron chi connectivity index (χ3n) is 4.20. The molecule has 1 amide bonds. The highest BCUT2D eigenvalue weighted by Crippen LogP contribution is 2.33. The van der Waals surface area contributed by atoms with Crippen LogP contribution in [-0.4, -0.2) is 18.0 Å². The van der Waals surface area contributed by atoms with Crippen LogP contribution < -0.4 is 10.1 Å². The van der Waals surface area contributed by atoms with Gasteiger partial charge < -0.3 is 14.5 Å². The van der Waals surface area contributed by atoms with Gasteiger partial charge in [0, 0.05) is 21.3 Å². The lowest BCUT2D eigenvalue weighted by atomic mass is 10.1. The van der Waals surface area contributed by atoms with E-state index in [1.807, 2.05) is 0 Å². The average Bonchev–Trinajstić information content (AvgIpc) is 3.11. The number of aromatic nitrogens is 1. The van der Waals surface area contributed by atoms with E-state index in [0.717, 1.165) is 5.56 Å². The maximum atomic E-state index is 12.7. The predicted octanol–water partition coefficient (Wildman–Crippen LogP) is 6.72. The minimum Gasteiger partial charge on any atom is -0.494 e. The number of amides is 1. The minimum atomic E-state index is -0.393. The standard InChI is InChI=1S/C21H13Cl3N2O3/c1-28-19-15(8-13(23)9-16(19)24)20(27)25-14-5-2-11(3-6-14)21-26-17-10-12(22)4-7-18(17)29-21/h2-10H,1H3,(H,25,27). The molecule has 0 aliphatic carbocycles. The van der Waals surface area contributed by atoms with Crippen LogP contribution in [0.5, 0.6) is 5.75 Å². The topological polar surface area (TPSA) is 64.4 Å². The molecule has 4 aromatic rings. The number of ether oxygens (including phenoxy) is 1. The van der Waals surface area contributed by atoms with Gasteiger partial charge in [-0.05, 0) is 54.6 Å². The third kappa shape index (κ3) is 4.03. The number of nitrogens with zero attached hydrogens (tertiary/aromatic N) is 1. The van der Waals surface area contributed by atoms with Crippen molar-refractivity contribution >= 4 is 57.5 Å². The van der Waals surface area contributed by atoms with Crippen molar-refractivity contribution in [1.82, 2.24) is 4.98 Å². The normalized spacial score (nSPS) is 10.9. The van der Waals surface area contributed by atoms with E-state index in [-0.39, 0.29) is 16.3 Å². The summed E-state index contributed by atoms with van der Waals surface area (Å²) < 4.78 is 11.0. The highest BCUT2D eigenvalue weighted by Gasteiger charge is 2.17. The summed E-state index contributed by atoms with van der Waals surface area (Å²) in [5.74, 6) is 0.328. The van der Waals surface area contributed by atoms with Crippen molar-refractivity contribution in [1.29, 1.82) is 0 Å². The number of hydrogen-bond acceptors (Lipinski definition) is 4. The van der Waals surface area contributed by atoms with Crippen LogP contribution in [0.25, 0.3) is 22.6 Å². The second kappa shape index (κ2) is 7.95. The number of oxazole rings is 1. The fourth-order valence-corrected chi connectivity index (χ4v) is 3.59. The second-order valence-electron chi connectivity index (χ2n) is 6.13. The average molecular weight is 448 g/mol. The van der Waals surface area contributed by atoms with Crippen LogP contribution in [-0.2, 0) is 0 Å². The van der Waals surface area contributed by atoms with Crippen LogP contribution in [0.1, 0.15) is 10.4 Å². The monoisotopic (exact) mass is 446 g/mol. The number of rotatable bonds is 4. The number of fused-ring (bicyclic) bond motifs is 1. The molecule has 0 atom stereocenters. The zero-order chi connectivity index (χ0) is 20.5. The Morgan fingerprint density at radius 1 is 1.00 bits per heavy atom. The first-order chi connectivity index (χ1) is 13.9. The van der Waals surface area contributed by atoms with Crippen LogP contribution in [0.15, 0.2) is 59.0 Å². The number of carbonyl (C=O) groups excluding carboxylic acids is 1. The molecule has 5 nitrogen and oxygen atoms in total. The molecule has 0 aliphatic heterocycles. The molecule has 0 saturated carbocycles. The number of anilines is 1. The summed E-state index contributed by atoms with van der Waals surface area (Å²) in [4.78, 5) is 17.1. The van der Waals surface area contributed by atoms with Gasteiger partial charge in [-0.1, -0.05) is 34.8 Å². The van der Waals surface area contributed by atoms with Crippen LogP contribution in [0, 0.1) is 0 Å². The quantitative estimate of drug-likeness (QED) is 0.377. The molecular weight excluding hydrogens is 435 g/mol. The molecular formula is C21H13Cl3N2O3. The van der Waals surface area contributed by atoms with Crippen molar-refractivity contribution in [3.05, 3.63) is 75.2 Å². The smallest absolute Gasteiger partial charge is 0.259 e. The maximum Gasteiger partial charge on any atom is 0.259 e. The molecule has 146 valence electrons. The number of nitrogens with one attached hydrogen (secondary N) is 1. The van der Waals surface area contributed by atoms with Gasteiger partial charge in [0.2, 0.25) is 5.89 Å². The van der Waals surface area contributed by atoms with E-state index in [1.165, 1.54) is 19.2 Å². The first-order valence-corrected chi connectivity index (χ1v) is 9.59. The fourth-order valence-electron chi connectivity index (χ4n) is 2.86. The van der Waals surface area contributed by atoms with E-state index >= 15 is 0 Å². The molecule has 4 rings (SSSR count). The van der Waals surface area contributed by atoms with Crippen molar-refractivity contribution < 1.29 is 13.9 Å². The molecule has 3 aromatic carbocycles. The lowest BCUT2D eigenvalue weighted by molar-refractivity contribution is 0.102. The molecule has 0 bridgehead atoms. The van der Waals surface area contributed by atoms with Crippen molar-refractivity contribution in [2.75, 3.05) is 12.4 Å². The van der Waals surface area contributed by atoms with E-state index in [1.54, 1.807) is 42.5 Å². The molecule has 0 radical (unpaired) electrons. The Morgan fingerprint density at radius 2 is 1.76 bits per heavy atom. The van der Waals surface area contributed by atoms with E-state index in [2.05, 4.69) is 10.3 Å². The Morgan fingerprint density at radius 3 is 2.48 bits per heavy atom. The van der Waals surface area contributed by atoms with Crippen LogP contribution in [0.2, 0.25) is 15.1 Å². The number of methoxy groups -OCH3 is 1. The zero-order valence-corrected chi connectivity index (χ0v) is 17.3. The summed E-state index contributed by atoms with van der Waals surface area (Å²) >= 11 is 18.1. The summed E-state index contributed by atoms with van der Waals surface area (Å²) in [6, 6.07) is 15.3. The van der Waals surface area contributed by atoms with Gasteiger partial charge in [0.05, 0.1) is 17.7 Å². The number of halogens is 3. The summed E-state index contributed by atoms with van der Waals surface area (Å²) in [6.45, 7) is 0. The Balaban J connectivity index is 1.57. The highest BCUT2D eigenvalue weighted by atomic mass is 35.5. The molecule has 1 aromatic heterocycles. The lowest BCUT2D eigenvalue weighted by Crippen LogP contribution is -2.13. The SMILES string of the molecule is COc1c(Cl)cc(Cl)cc1C(=O)Nc1ccc(-c2nc3cc(Cl)ccc3o2)cc1.